The number of aliphatic carboxylic acids is 1. The molecule has 7 nitrogen and oxygen atoms in total. The Balaban J connectivity index is 2.13. The van der Waals surface area contributed by atoms with E-state index < -0.39 is 11.9 Å². The van der Waals surface area contributed by atoms with Crippen molar-refractivity contribution in [3.8, 4) is 0 Å². The molecule has 0 aliphatic heterocycles. The standard InChI is InChI=1S/C18H23N3O4/c1-11(2)8-12(18(24)25)10-19-16(22)9-15-13-6-4-5-7-14(13)17(23)21(3)20-15/h4-7,11-12H,8-10H2,1-3H3,(H,19,22)(H,24,25). The molecule has 0 aliphatic rings. The van der Waals surface area contributed by atoms with Crippen molar-refractivity contribution in [1.29, 1.82) is 0 Å². The average molecular weight is 345 g/mol. The molecule has 2 rings (SSSR count). The fourth-order valence-corrected chi connectivity index (χ4v) is 2.80. The van der Waals surface area contributed by atoms with Crippen molar-refractivity contribution in [2.24, 2.45) is 18.9 Å². The number of carbonyl (C=O) groups is 2. The number of nitrogens with one attached hydrogen (secondary N) is 1. The lowest BCUT2D eigenvalue weighted by Gasteiger charge is -2.15. The maximum atomic E-state index is 12.2. The second-order valence-corrected chi connectivity index (χ2v) is 6.57. The third kappa shape index (κ3) is 4.65. The summed E-state index contributed by atoms with van der Waals surface area (Å²) in [5.74, 6) is -1.62. The number of aromatic nitrogens is 2. The largest absolute Gasteiger partial charge is 0.481 e. The van der Waals surface area contributed by atoms with Crippen molar-refractivity contribution in [1.82, 2.24) is 15.1 Å². The van der Waals surface area contributed by atoms with Gasteiger partial charge in [0.25, 0.3) is 5.56 Å². The summed E-state index contributed by atoms with van der Waals surface area (Å²) < 4.78 is 1.21. The molecule has 25 heavy (non-hydrogen) atoms. The SMILES string of the molecule is CC(C)CC(CNC(=O)Cc1nn(C)c(=O)c2ccccc12)C(=O)O. The summed E-state index contributed by atoms with van der Waals surface area (Å²) in [5, 5.41) is 17.2. The number of carbonyl (C=O) groups excluding carboxylic acids is 1. The van der Waals surface area contributed by atoms with Crippen LogP contribution in [0.1, 0.15) is 26.0 Å². The number of carboxylic acid groups (broad SMARTS) is 1. The predicted molar refractivity (Wildman–Crippen MR) is 94.3 cm³/mol. The van der Waals surface area contributed by atoms with Crippen LogP contribution in [0, 0.1) is 11.8 Å². The lowest BCUT2D eigenvalue weighted by Crippen LogP contribution is -2.35. The van der Waals surface area contributed by atoms with Crippen molar-refractivity contribution < 1.29 is 14.7 Å². The Morgan fingerprint density at radius 3 is 2.48 bits per heavy atom. The highest BCUT2D eigenvalue weighted by atomic mass is 16.4. The van der Waals surface area contributed by atoms with Gasteiger partial charge in [0.2, 0.25) is 5.91 Å². The average Bonchev–Trinajstić information content (AvgIpc) is 2.55. The molecule has 0 aliphatic carbocycles. The summed E-state index contributed by atoms with van der Waals surface area (Å²) in [6.07, 6.45) is 0.485. The third-order valence-electron chi connectivity index (χ3n) is 4.01. The molecule has 0 saturated carbocycles. The zero-order chi connectivity index (χ0) is 18.6. The molecule has 1 atom stereocenters. The van der Waals surface area contributed by atoms with E-state index in [2.05, 4.69) is 10.4 Å². The van der Waals surface area contributed by atoms with Crippen LogP contribution >= 0.6 is 0 Å². The van der Waals surface area contributed by atoms with E-state index in [9.17, 15) is 19.5 Å². The lowest BCUT2D eigenvalue weighted by atomic mass is 9.97. The summed E-state index contributed by atoms with van der Waals surface area (Å²) in [4.78, 5) is 35.6. The van der Waals surface area contributed by atoms with Crippen molar-refractivity contribution >= 4 is 22.6 Å². The van der Waals surface area contributed by atoms with Crippen LogP contribution in [0.4, 0.5) is 0 Å². The summed E-state index contributed by atoms with van der Waals surface area (Å²) in [7, 11) is 1.54. The number of rotatable bonds is 7. The van der Waals surface area contributed by atoms with E-state index in [-0.39, 0.29) is 30.3 Å². The topological polar surface area (TPSA) is 101 Å². The van der Waals surface area contributed by atoms with Crippen LogP contribution in [0.25, 0.3) is 10.8 Å². The van der Waals surface area contributed by atoms with Crippen LogP contribution in [-0.2, 0) is 23.1 Å². The second-order valence-electron chi connectivity index (χ2n) is 6.57. The van der Waals surface area contributed by atoms with Gasteiger partial charge in [0.05, 0.1) is 23.4 Å². The number of fused-ring (bicyclic) bond motifs is 1. The van der Waals surface area contributed by atoms with E-state index >= 15 is 0 Å². The molecular weight excluding hydrogens is 322 g/mol. The Labute approximate surface area is 145 Å². The third-order valence-corrected chi connectivity index (χ3v) is 4.01. The summed E-state index contributed by atoms with van der Waals surface area (Å²) >= 11 is 0. The van der Waals surface area contributed by atoms with Crippen LogP contribution in [-0.4, -0.2) is 33.3 Å². The quantitative estimate of drug-likeness (QED) is 0.788. The molecule has 7 heteroatoms. The lowest BCUT2D eigenvalue weighted by molar-refractivity contribution is -0.142. The van der Waals surface area contributed by atoms with E-state index in [1.165, 1.54) is 4.68 Å². The first-order valence-corrected chi connectivity index (χ1v) is 8.24. The Morgan fingerprint density at radius 2 is 1.88 bits per heavy atom. The summed E-state index contributed by atoms with van der Waals surface area (Å²) in [6.45, 7) is 3.96. The number of aryl methyl sites for hydroxylation is 1. The predicted octanol–water partition coefficient (Wildman–Crippen LogP) is 1.34. The van der Waals surface area contributed by atoms with Crippen LogP contribution in [0.2, 0.25) is 0 Å². The van der Waals surface area contributed by atoms with Crippen molar-refractivity contribution in [2.75, 3.05) is 6.54 Å². The Bertz CT molecular complexity index is 842. The monoisotopic (exact) mass is 345 g/mol. The first-order valence-electron chi connectivity index (χ1n) is 8.24. The maximum absolute atomic E-state index is 12.2. The molecule has 134 valence electrons. The van der Waals surface area contributed by atoms with E-state index in [4.69, 9.17) is 0 Å². The Hall–Kier alpha value is -2.70. The van der Waals surface area contributed by atoms with Gasteiger partial charge in [-0.1, -0.05) is 32.0 Å². The van der Waals surface area contributed by atoms with Gasteiger partial charge in [-0.05, 0) is 18.4 Å². The highest BCUT2D eigenvalue weighted by Gasteiger charge is 2.20. The zero-order valence-electron chi connectivity index (χ0n) is 14.7. The Morgan fingerprint density at radius 1 is 1.24 bits per heavy atom. The number of amides is 1. The fraction of sp³-hybridized carbons (Fsp3) is 0.444. The normalized spacial score (nSPS) is 12.3. The number of benzene rings is 1. The van der Waals surface area contributed by atoms with Gasteiger partial charge < -0.3 is 10.4 Å². The van der Waals surface area contributed by atoms with Gasteiger partial charge in [-0.25, -0.2) is 4.68 Å². The molecule has 0 saturated heterocycles. The first kappa shape index (κ1) is 18.6. The molecule has 1 aromatic heterocycles. The number of hydrogen-bond donors (Lipinski definition) is 2. The highest BCUT2D eigenvalue weighted by Crippen LogP contribution is 2.14. The van der Waals surface area contributed by atoms with Gasteiger partial charge in [0.1, 0.15) is 0 Å². The minimum Gasteiger partial charge on any atom is -0.481 e. The number of hydrogen-bond acceptors (Lipinski definition) is 4. The molecular formula is C18H23N3O4. The van der Waals surface area contributed by atoms with Gasteiger partial charge in [0, 0.05) is 19.0 Å². The Kier molecular flexibility index (Phi) is 5.90. The maximum Gasteiger partial charge on any atom is 0.308 e. The molecule has 2 aromatic rings. The molecule has 1 aromatic carbocycles. The molecule has 2 N–H and O–H groups in total. The minimum atomic E-state index is -0.917. The second kappa shape index (κ2) is 7.92. The van der Waals surface area contributed by atoms with E-state index in [1.54, 1.807) is 31.3 Å². The molecule has 0 spiro atoms. The van der Waals surface area contributed by atoms with E-state index in [0.717, 1.165) is 0 Å². The van der Waals surface area contributed by atoms with Crippen molar-refractivity contribution in [3.05, 3.63) is 40.3 Å². The smallest absolute Gasteiger partial charge is 0.308 e. The molecule has 0 bridgehead atoms. The number of nitrogens with zero attached hydrogens (tertiary/aromatic N) is 2. The van der Waals surface area contributed by atoms with Gasteiger partial charge >= 0.3 is 5.97 Å². The van der Waals surface area contributed by atoms with Gasteiger partial charge in [-0.3, -0.25) is 14.4 Å². The molecule has 1 amide bonds. The molecule has 0 fully saturated rings. The van der Waals surface area contributed by atoms with Gasteiger partial charge in [-0.15, -0.1) is 0 Å². The van der Waals surface area contributed by atoms with Crippen LogP contribution in [0.5, 0.6) is 0 Å². The number of carboxylic acids is 1. The zero-order valence-corrected chi connectivity index (χ0v) is 14.7. The van der Waals surface area contributed by atoms with Crippen molar-refractivity contribution in [2.45, 2.75) is 26.7 Å². The van der Waals surface area contributed by atoms with Crippen LogP contribution in [0.3, 0.4) is 0 Å². The van der Waals surface area contributed by atoms with Crippen molar-refractivity contribution in [3.63, 3.8) is 0 Å². The van der Waals surface area contributed by atoms with E-state index in [0.29, 0.717) is 22.9 Å². The summed E-state index contributed by atoms with van der Waals surface area (Å²) in [6, 6.07) is 7.00. The summed E-state index contributed by atoms with van der Waals surface area (Å²) in [5.41, 5.74) is 0.272. The van der Waals surface area contributed by atoms with E-state index in [1.807, 2.05) is 13.8 Å². The first-order chi connectivity index (χ1) is 11.8. The highest BCUT2D eigenvalue weighted by molar-refractivity contribution is 5.88. The molecule has 1 heterocycles. The van der Waals surface area contributed by atoms with Gasteiger partial charge in [-0.2, -0.15) is 5.10 Å². The van der Waals surface area contributed by atoms with Gasteiger partial charge in [0.15, 0.2) is 0 Å². The minimum absolute atomic E-state index is 0.0113. The molecule has 0 radical (unpaired) electrons. The fourth-order valence-electron chi connectivity index (χ4n) is 2.80. The molecule has 1 unspecified atom stereocenters. The van der Waals surface area contributed by atoms with Crippen LogP contribution < -0.4 is 10.9 Å². The van der Waals surface area contributed by atoms with Crippen LogP contribution in [0.15, 0.2) is 29.1 Å².